The number of halogens is 3. The van der Waals surface area contributed by atoms with Crippen molar-refractivity contribution < 1.29 is 13.9 Å². The van der Waals surface area contributed by atoms with Crippen LogP contribution in [0.3, 0.4) is 0 Å². The van der Waals surface area contributed by atoms with E-state index in [0.717, 1.165) is 12.8 Å². The van der Waals surface area contributed by atoms with Crippen LogP contribution in [0.4, 0.5) is 10.2 Å². The van der Waals surface area contributed by atoms with E-state index >= 15 is 4.39 Å². The summed E-state index contributed by atoms with van der Waals surface area (Å²) in [4.78, 5) is 14.4. The summed E-state index contributed by atoms with van der Waals surface area (Å²) < 4.78 is 20.9. The van der Waals surface area contributed by atoms with Gasteiger partial charge in [0.05, 0.1) is 11.2 Å². The third-order valence-electron chi connectivity index (χ3n) is 4.46. The first-order valence-electron chi connectivity index (χ1n) is 8.80. The molecule has 0 radical (unpaired) electrons. The van der Waals surface area contributed by atoms with Gasteiger partial charge in [0.2, 0.25) is 6.41 Å². The molecule has 0 saturated heterocycles. The van der Waals surface area contributed by atoms with Crippen LogP contribution in [0.1, 0.15) is 31.4 Å². The van der Waals surface area contributed by atoms with Crippen LogP contribution in [0.25, 0.3) is 0 Å². The van der Waals surface area contributed by atoms with E-state index in [0.29, 0.717) is 36.0 Å². The Morgan fingerprint density at radius 1 is 1.39 bits per heavy atom. The molecule has 1 aliphatic carbocycles. The average Bonchev–Trinajstić information content (AvgIpc) is 3.48. The number of hydrogen-bond donors (Lipinski definition) is 3. The minimum atomic E-state index is -0.501. The number of nitrogens with two attached hydrogens (primary N) is 1. The van der Waals surface area contributed by atoms with Gasteiger partial charge in [-0.25, -0.2) is 9.37 Å². The molecule has 1 saturated carbocycles. The molecular formula is C19H23Cl2FN4O2. The van der Waals surface area contributed by atoms with Crippen molar-refractivity contribution >= 4 is 36.2 Å². The smallest absolute Gasteiger partial charge is 0.207 e. The van der Waals surface area contributed by atoms with Gasteiger partial charge in [0, 0.05) is 24.2 Å². The summed E-state index contributed by atoms with van der Waals surface area (Å²) in [6.07, 6.45) is 4.11. The Morgan fingerprint density at radius 3 is 2.75 bits per heavy atom. The molecule has 2 aromatic rings. The van der Waals surface area contributed by atoms with Gasteiger partial charge in [-0.05, 0) is 43.9 Å². The molecule has 1 aliphatic rings. The maximum atomic E-state index is 15.3. The molecule has 2 atom stereocenters. The topological polar surface area (TPSA) is 89.3 Å². The SMILES string of the molecule is C[C@H](CNC=O)N[C@@H](c1ccc(Cl)c(Oc2ccc(N)nc2)c1F)C1CC1.Cl. The molecule has 28 heavy (non-hydrogen) atoms. The van der Waals surface area contributed by atoms with E-state index in [9.17, 15) is 4.79 Å². The number of benzene rings is 1. The summed E-state index contributed by atoms with van der Waals surface area (Å²) in [6, 6.07) is 6.29. The molecule has 3 rings (SSSR count). The zero-order valence-corrected chi connectivity index (χ0v) is 16.9. The summed E-state index contributed by atoms with van der Waals surface area (Å²) in [7, 11) is 0. The summed E-state index contributed by atoms with van der Waals surface area (Å²) in [5.74, 6) is 0.497. The van der Waals surface area contributed by atoms with Gasteiger partial charge in [0.15, 0.2) is 11.6 Å². The van der Waals surface area contributed by atoms with Gasteiger partial charge in [0.1, 0.15) is 11.6 Å². The number of amides is 1. The van der Waals surface area contributed by atoms with Gasteiger partial charge >= 0.3 is 0 Å². The van der Waals surface area contributed by atoms with Crippen LogP contribution >= 0.6 is 24.0 Å². The van der Waals surface area contributed by atoms with Crippen molar-refractivity contribution in [3.8, 4) is 11.5 Å². The lowest BCUT2D eigenvalue weighted by Gasteiger charge is -2.25. The molecule has 1 aromatic heterocycles. The third-order valence-corrected chi connectivity index (χ3v) is 4.76. The summed E-state index contributed by atoms with van der Waals surface area (Å²) >= 11 is 6.18. The van der Waals surface area contributed by atoms with Crippen molar-refractivity contribution in [2.45, 2.75) is 31.8 Å². The second-order valence-electron chi connectivity index (χ2n) is 6.71. The predicted octanol–water partition coefficient (Wildman–Crippen LogP) is 3.85. The fraction of sp³-hybridized carbons (Fsp3) is 0.368. The van der Waals surface area contributed by atoms with E-state index < -0.39 is 5.82 Å². The average molecular weight is 429 g/mol. The number of carbonyl (C=O) groups excluding carboxylic acids is 1. The number of aromatic nitrogens is 1. The number of hydrogen-bond acceptors (Lipinski definition) is 5. The van der Waals surface area contributed by atoms with Crippen LogP contribution in [0, 0.1) is 11.7 Å². The van der Waals surface area contributed by atoms with Crippen molar-refractivity contribution in [3.63, 3.8) is 0 Å². The second-order valence-corrected chi connectivity index (χ2v) is 7.12. The highest BCUT2D eigenvalue weighted by Crippen LogP contribution is 2.44. The number of carbonyl (C=O) groups is 1. The zero-order valence-electron chi connectivity index (χ0n) is 15.3. The van der Waals surface area contributed by atoms with Crippen molar-refractivity contribution in [1.82, 2.24) is 15.6 Å². The van der Waals surface area contributed by atoms with Crippen LogP contribution in [0.15, 0.2) is 30.5 Å². The molecule has 1 fully saturated rings. The Bertz CT molecular complexity index is 803. The standard InChI is InChI=1S/C19H22ClFN4O2.ClH/c1-11(8-23-10-26)25-18(12-2-3-12)14-5-6-15(20)19(17(14)21)27-13-4-7-16(22)24-9-13;/h4-7,9-12,18,25H,2-3,8H2,1H3,(H2,22,24)(H,23,26);1H/t11-,18-;/m1./s1. The lowest BCUT2D eigenvalue weighted by Crippen LogP contribution is -2.39. The largest absolute Gasteiger partial charge is 0.451 e. The van der Waals surface area contributed by atoms with Crippen molar-refractivity contribution in [1.29, 1.82) is 0 Å². The van der Waals surface area contributed by atoms with Crippen LogP contribution in [-0.4, -0.2) is 24.0 Å². The van der Waals surface area contributed by atoms with Crippen LogP contribution in [0.5, 0.6) is 11.5 Å². The molecule has 4 N–H and O–H groups in total. The number of rotatable bonds is 9. The zero-order chi connectivity index (χ0) is 19.4. The fourth-order valence-corrected chi connectivity index (χ4v) is 3.14. The van der Waals surface area contributed by atoms with Gasteiger partial charge in [-0.3, -0.25) is 4.79 Å². The number of pyridine rings is 1. The third kappa shape index (κ3) is 5.47. The Kier molecular flexibility index (Phi) is 7.86. The van der Waals surface area contributed by atoms with Crippen molar-refractivity contribution in [2.75, 3.05) is 12.3 Å². The Balaban J connectivity index is 0.00000280. The summed E-state index contributed by atoms with van der Waals surface area (Å²) in [6.45, 7) is 2.40. The molecule has 1 aromatic carbocycles. The molecule has 0 spiro atoms. The maximum Gasteiger partial charge on any atom is 0.207 e. The number of nitrogens with zero attached hydrogens (tertiary/aromatic N) is 1. The molecule has 152 valence electrons. The first-order chi connectivity index (χ1) is 13.0. The number of ether oxygens (including phenoxy) is 1. The first-order valence-corrected chi connectivity index (χ1v) is 9.17. The van der Waals surface area contributed by atoms with E-state index in [2.05, 4.69) is 15.6 Å². The maximum absolute atomic E-state index is 15.3. The van der Waals surface area contributed by atoms with Gasteiger partial charge in [0.25, 0.3) is 0 Å². The van der Waals surface area contributed by atoms with Crippen LogP contribution in [0.2, 0.25) is 5.02 Å². The highest BCUT2D eigenvalue weighted by atomic mass is 35.5. The molecular weight excluding hydrogens is 406 g/mol. The monoisotopic (exact) mass is 428 g/mol. The van der Waals surface area contributed by atoms with E-state index in [1.807, 2.05) is 6.92 Å². The normalized spacial score (nSPS) is 15.2. The first kappa shape index (κ1) is 22.2. The summed E-state index contributed by atoms with van der Waals surface area (Å²) in [5.41, 5.74) is 6.06. The highest BCUT2D eigenvalue weighted by molar-refractivity contribution is 6.32. The molecule has 0 aliphatic heterocycles. The number of anilines is 1. The van der Waals surface area contributed by atoms with Crippen molar-refractivity contribution in [3.05, 3.63) is 46.9 Å². The minimum Gasteiger partial charge on any atom is -0.451 e. The Labute approximate surface area is 174 Å². The predicted molar refractivity (Wildman–Crippen MR) is 110 cm³/mol. The highest BCUT2D eigenvalue weighted by Gasteiger charge is 2.35. The minimum absolute atomic E-state index is 0. The lowest BCUT2D eigenvalue weighted by molar-refractivity contribution is -0.109. The van der Waals surface area contributed by atoms with Crippen LogP contribution < -0.4 is 21.1 Å². The van der Waals surface area contributed by atoms with Gasteiger partial charge in [-0.1, -0.05) is 17.7 Å². The van der Waals surface area contributed by atoms with Crippen LogP contribution in [-0.2, 0) is 4.79 Å². The van der Waals surface area contributed by atoms with Crippen molar-refractivity contribution in [2.24, 2.45) is 5.92 Å². The number of nitrogens with one attached hydrogen (secondary N) is 2. The van der Waals surface area contributed by atoms with Gasteiger partial charge in [-0.15, -0.1) is 12.4 Å². The van der Waals surface area contributed by atoms with E-state index in [-0.39, 0.29) is 35.3 Å². The molecule has 9 heteroatoms. The van der Waals surface area contributed by atoms with E-state index in [1.54, 1.807) is 24.3 Å². The Hall–Kier alpha value is -2.09. The molecule has 1 amide bonds. The fourth-order valence-electron chi connectivity index (χ4n) is 2.95. The Morgan fingerprint density at radius 2 is 2.14 bits per heavy atom. The molecule has 1 heterocycles. The molecule has 6 nitrogen and oxygen atoms in total. The lowest BCUT2D eigenvalue weighted by atomic mass is 10.00. The molecule has 0 bridgehead atoms. The summed E-state index contributed by atoms with van der Waals surface area (Å²) in [5, 5.41) is 6.22. The van der Waals surface area contributed by atoms with Gasteiger partial charge < -0.3 is 21.1 Å². The quantitative estimate of drug-likeness (QED) is 0.527. The number of nitrogen functional groups attached to an aromatic ring is 1. The second kappa shape index (κ2) is 9.91. The molecule has 0 unspecified atom stereocenters. The van der Waals surface area contributed by atoms with E-state index in [1.165, 1.54) is 6.20 Å². The van der Waals surface area contributed by atoms with E-state index in [4.69, 9.17) is 22.1 Å². The van der Waals surface area contributed by atoms with Gasteiger partial charge in [-0.2, -0.15) is 0 Å².